The van der Waals surface area contributed by atoms with Gasteiger partial charge in [0, 0.05) is 17.8 Å². The predicted octanol–water partition coefficient (Wildman–Crippen LogP) is 3.30. The van der Waals surface area contributed by atoms with Crippen molar-refractivity contribution >= 4 is 0 Å². The summed E-state index contributed by atoms with van der Waals surface area (Å²) >= 11 is 0. The summed E-state index contributed by atoms with van der Waals surface area (Å²) in [5.41, 5.74) is 0.924. The number of ether oxygens (including phenoxy) is 2. The first-order valence-electron chi connectivity index (χ1n) is 5.68. The Bertz CT molecular complexity index is 543. The Morgan fingerprint density at radius 1 is 1.28 bits per heavy atom. The lowest BCUT2D eigenvalue weighted by Crippen LogP contribution is -1.95. The number of pyridine rings is 1. The van der Waals surface area contributed by atoms with Crippen LogP contribution in [-0.4, -0.2) is 18.7 Å². The van der Waals surface area contributed by atoms with E-state index >= 15 is 0 Å². The molecule has 0 spiro atoms. The Labute approximate surface area is 105 Å². The van der Waals surface area contributed by atoms with Crippen molar-refractivity contribution in [2.24, 2.45) is 0 Å². The van der Waals surface area contributed by atoms with Gasteiger partial charge in [-0.3, -0.25) is 4.98 Å². The molecular weight excluding hydrogens is 233 g/mol. The van der Waals surface area contributed by atoms with Gasteiger partial charge in [0.1, 0.15) is 5.75 Å². The zero-order chi connectivity index (χ0) is 13.0. The largest absolute Gasteiger partial charge is 0.494 e. The normalized spacial score (nSPS) is 10.2. The number of nitrogens with zero attached hydrogens (tertiary/aromatic N) is 1. The Balaban J connectivity index is 2.45. The van der Waals surface area contributed by atoms with Crippen LogP contribution in [0.5, 0.6) is 11.5 Å². The summed E-state index contributed by atoms with van der Waals surface area (Å²) in [4.78, 5) is 4.15. The summed E-state index contributed by atoms with van der Waals surface area (Å²) in [7, 11) is 1.44. The topological polar surface area (TPSA) is 31.4 Å². The van der Waals surface area contributed by atoms with Crippen LogP contribution in [0.1, 0.15) is 6.92 Å². The highest BCUT2D eigenvalue weighted by atomic mass is 19.1. The van der Waals surface area contributed by atoms with Gasteiger partial charge >= 0.3 is 0 Å². The summed E-state index contributed by atoms with van der Waals surface area (Å²) in [5.74, 6) is 0.460. The van der Waals surface area contributed by atoms with Gasteiger partial charge in [-0.2, -0.15) is 0 Å². The second-order valence-corrected chi connectivity index (χ2v) is 3.63. The van der Waals surface area contributed by atoms with Crippen LogP contribution in [0.15, 0.2) is 36.5 Å². The second kappa shape index (κ2) is 5.49. The SMILES string of the molecule is CCOc1ccnc(-c2cccc(OC)c2F)c1. The standard InChI is InChI=1S/C14H14FNO2/c1-3-18-10-7-8-16-12(9-10)11-5-4-6-13(17-2)14(11)15/h4-9H,3H2,1-2H3. The highest BCUT2D eigenvalue weighted by Gasteiger charge is 2.11. The van der Waals surface area contributed by atoms with Crippen LogP contribution in [0.2, 0.25) is 0 Å². The zero-order valence-corrected chi connectivity index (χ0v) is 10.3. The molecule has 0 aliphatic carbocycles. The molecule has 1 aromatic heterocycles. The number of hydrogen-bond acceptors (Lipinski definition) is 3. The molecule has 1 heterocycles. The smallest absolute Gasteiger partial charge is 0.174 e. The number of rotatable bonds is 4. The van der Waals surface area contributed by atoms with E-state index in [-0.39, 0.29) is 5.75 Å². The Morgan fingerprint density at radius 3 is 2.83 bits per heavy atom. The van der Waals surface area contributed by atoms with Crippen molar-refractivity contribution in [2.75, 3.05) is 13.7 Å². The fraction of sp³-hybridized carbons (Fsp3) is 0.214. The summed E-state index contributed by atoms with van der Waals surface area (Å²) in [6, 6.07) is 8.42. The number of hydrogen-bond donors (Lipinski definition) is 0. The third-order valence-electron chi connectivity index (χ3n) is 2.50. The van der Waals surface area contributed by atoms with Gasteiger partial charge in [0.25, 0.3) is 0 Å². The average molecular weight is 247 g/mol. The van der Waals surface area contributed by atoms with Gasteiger partial charge in [-0.25, -0.2) is 4.39 Å². The van der Waals surface area contributed by atoms with Gasteiger partial charge in [-0.1, -0.05) is 6.07 Å². The minimum absolute atomic E-state index is 0.205. The lowest BCUT2D eigenvalue weighted by molar-refractivity contribution is 0.340. The minimum atomic E-state index is -0.416. The molecule has 0 aliphatic rings. The molecule has 0 unspecified atom stereocenters. The van der Waals surface area contributed by atoms with E-state index in [2.05, 4.69) is 4.98 Å². The van der Waals surface area contributed by atoms with E-state index in [4.69, 9.17) is 9.47 Å². The monoisotopic (exact) mass is 247 g/mol. The molecule has 2 aromatic rings. The molecule has 3 nitrogen and oxygen atoms in total. The third kappa shape index (κ3) is 2.42. The first-order valence-corrected chi connectivity index (χ1v) is 5.68. The fourth-order valence-corrected chi connectivity index (χ4v) is 1.68. The predicted molar refractivity (Wildman–Crippen MR) is 67.4 cm³/mol. The van der Waals surface area contributed by atoms with Crippen LogP contribution in [0.3, 0.4) is 0 Å². The van der Waals surface area contributed by atoms with Gasteiger partial charge in [0.05, 0.1) is 19.4 Å². The number of halogens is 1. The van der Waals surface area contributed by atoms with E-state index in [0.717, 1.165) is 0 Å². The molecule has 0 amide bonds. The van der Waals surface area contributed by atoms with Crippen LogP contribution in [0.25, 0.3) is 11.3 Å². The van der Waals surface area contributed by atoms with Gasteiger partial charge in [0.2, 0.25) is 0 Å². The third-order valence-corrected chi connectivity index (χ3v) is 2.50. The van der Waals surface area contributed by atoms with Crippen molar-refractivity contribution in [2.45, 2.75) is 6.92 Å². The molecule has 4 heteroatoms. The van der Waals surface area contributed by atoms with Crippen LogP contribution in [0.4, 0.5) is 4.39 Å². The van der Waals surface area contributed by atoms with E-state index in [1.165, 1.54) is 7.11 Å². The highest BCUT2D eigenvalue weighted by molar-refractivity contribution is 5.63. The molecule has 94 valence electrons. The van der Waals surface area contributed by atoms with E-state index in [1.807, 2.05) is 6.92 Å². The lowest BCUT2D eigenvalue weighted by atomic mass is 10.1. The van der Waals surface area contributed by atoms with Crippen molar-refractivity contribution < 1.29 is 13.9 Å². The van der Waals surface area contributed by atoms with E-state index < -0.39 is 5.82 Å². The van der Waals surface area contributed by atoms with Crippen molar-refractivity contribution in [3.05, 3.63) is 42.3 Å². The minimum Gasteiger partial charge on any atom is -0.494 e. The maximum Gasteiger partial charge on any atom is 0.174 e. The molecule has 2 rings (SSSR count). The lowest BCUT2D eigenvalue weighted by Gasteiger charge is -2.08. The van der Waals surface area contributed by atoms with Gasteiger partial charge in [0.15, 0.2) is 11.6 Å². The molecule has 18 heavy (non-hydrogen) atoms. The van der Waals surface area contributed by atoms with Crippen molar-refractivity contribution in [3.63, 3.8) is 0 Å². The molecule has 0 N–H and O–H groups in total. The molecule has 0 radical (unpaired) electrons. The van der Waals surface area contributed by atoms with Crippen LogP contribution in [-0.2, 0) is 0 Å². The zero-order valence-electron chi connectivity index (χ0n) is 10.3. The Morgan fingerprint density at radius 2 is 2.11 bits per heavy atom. The molecular formula is C14H14FNO2. The Hall–Kier alpha value is -2.10. The number of benzene rings is 1. The second-order valence-electron chi connectivity index (χ2n) is 3.63. The fourth-order valence-electron chi connectivity index (χ4n) is 1.68. The van der Waals surface area contributed by atoms with Crippen molar-refractivity contribution in [1.29, 1.82) is 0 Å². The van der Waals surface area contributed by atoms with Crippen molar-refractivity contribution in [3.8, 4) is 22.8 Å². The molecule has 0 aliphatic heterocycles. The average Bonchev–Trinajstić information content (AvgIpc) is 2.40. The molecule has 0 bridgehead atoms. The van der Waals surface area contributed by atoms with Crippen LogP contribution in [0, 0.1) is 5.82 Å². The van der Waals surface area contributed by atoms with Gasteiger partial charge in [-0.15, -0.1) is 0 Å². The Kier molecular flexibility index (Phi) is 3.77. The summed E-state index contributed by atoms with van der Waals surface area (Å²) < 4.78 is 24.4. The maximum atomic E-state index is 14.1. The van der Waals surface area contributed by atoms with Gasteiger partial charge < -0.3 is 9.47 Å². The van der Waals surface area contributed by atoms with Crippen molar-refractivity contribution in [1.82, 2.24) is 4.98 Å². The molecule has 0 saturated heterocycles. The summed E-state index contributed by atoms with van der Waals surface area (Å²) in [5, 5.41) is 0. The number of aromatic nitrogens is 1. The molecule has 0 saturated carbocycles. The van der Waals surface area contributed by atoms with Crippen LogP contribution < -0.4 is 9.47 Å². The van der Waals surface area contributed by atoms with E-state index in [0.29, 0.717) is 23.6 Å². The van der Waals surface area contributed by atoms with Crippen LogP contribution >= 0.6 is 0 Å². The molecule has 0 fully saturated rings. The summed E-state index contributed by atoms with van der Waals surface area (Å²) in [6.45, 7) is 2.45. The van der Waals surface area contributed by atoms with E-state index in [9.17, 15) is 4.39 Å². The quantitative estimate of drug-likeness (QED) is 0.830. The first-order chi connectivity index (χ1) is 8.76. The molecule has 1 aromatic carbocycles. The maximum absolute atomic E-state index is 14.1. The summed E-state index contributed by atoms with van der Waals surface area (Å²) in [6.07, 6.45) is 1.60. The molecule has 0 atom stereocenters. The first kappa shape index (κ1) is 12.4. The van der Waals surface area contributed by atoms with E-state index in [1.54, 1.807) is 36.5 Å². The highest BCUT2D eigenvalue weighted by Crippen LogP contribution is 2.29. The van der Waals surface area contributed by atoms with Gasteiger partial charge in [-0.05, 0) is 25.1 Å². The number of methoxy groups -OCH3 is 1.